The van der Waals surface area contributed by atoms with Crippen LogP contribution in [0.1, 0.15) is 44.9 Å². The summed E-state index contributed by atoms with van der Waals surface area (Å²) < 4.78 is 0. The zero-order chi connectivity index (χ0) is 9.80. The van der Waals surface area contributed by atoms with Crippen LogP contribution in [0.4, 0.5) is 0 Å². The normalized spacial score (nSPS) is 35.8. The number of aliphatic hydroxyl groups excluding tert-OH is 1. The van der Waals surface area contributed by atoms with E-state index in [-0.39, 0.29) is 0 Å². The van der Waals surface area contributed by atoms with E-state index in [9.17, 15) is 0 Å². The van der Waals surface area contributed by atoms with Crippen molar-refractivity contribution in [1.82, 2.24) is 5.32 Å². The van der Waals surface area contributed by atoms with Crippen LogP contribution in [0.5, 0.6) is 0 Å². The first-order valence-electron chi connectivity index (χ1n) is 6.24. The van der Waals surface area contributed by atoms with Crippen molar-refractivity contribution in [3.63, 3.8) is 0 Å². The Morgan fingerprint density at radius 1 is 1.00 bits per heavy atom. The lowest BCUT2D eigenvalue weighted by molar-refractivity contribution is 0.153. The first-order chi connectivity index (χ1) is 6.90. The van der Waals surface area contributed by atoms with E-state index in [4.69, 9.17) is 5.11 Å². The van der Waals surface area contributed by atoms with E-state index in [1.165, 1.54) is 44.9 Å². The molecule has 1 aliphatic carbocycles. The minimum Gasteiger partial charge on any atom is -0.396 e. The average Bonchev–Trinajstić information content (AvgIpc) is 2.30. The lowest BCUT2D eigenvalue weighted by Gasteiger charge is -2.36. The number of hydrogen-bond donors (Lipinski definition) is 2. The van der Waals surface area contributed by atoms with Gasteiger partial charge < -0.3 is 10.4 Å². The van der Waals surface area contributed by atoms with Crippen LogP contribution in [0, 0.1) is 11.8 Å². The number of rotatable bonds is 2. The zero-order valence-electron chi connectivity index (χ0n) is 9.04. The zero-order valence-corrected chi connectivity index (χ0v) is 9.04. The molecule has 0 spiro atoms. The first kappa shape index (κ1) is 10.4. The Bertz CT molecular complexity index is 158. The molecule has 2 atom stereocenters. The third kappa shape index (κ3) is 2.48. The van der Waals surface area contributed by atoms with Crippen molar-refractivity contribution in [3.05, 3.63) is 0 Å². The highest BCUT2D eigenvalue weighted by Gasteiger charge is 2.27. The van der Waals surface area contributed by atoms with Gasteiger partial charge in [0.2, 0.25) is 0 Å². The summed E-state index contributed by atoms with van der Waals surface area (Å²) in [4.78, 5) is 0. The van der Waals surface area contributed by atoms with Crippen LogP contribution in [0.15, 0.2) is 0 Å². The van der Waals surface area contributed by atoms with E-state index in [1.54, 1.807) is 0 Å². The molecular weight excluding hydrogens is 174 g/mol. The van der Waals surface area contributed by atoms with Crippen LogP contribution < -0.4 is 5.32 Å². The van der Waals surface area contributed by atoms with Crippen LogP contribution >= 0.6 is 0 Å². The van der Waals surface area contributed by atoms with Gasteiger partial charge in [0.1, 0.15) is 0 Å². The van der Waals surface area contributed by atoms with Gasteiger partial charge in [-0.05, 0) is 37.5 Å². The summed E-state index contributed by atoms with van der Waals surface area (Å²) in [5.41, 5.74) is 0. The monoisotopic (exact) mass is 197 g/mol. The van der Waals surface area contributed by atoms with Crippen LogP contribution in [0.3, 0.4) is 0 Å². The highest BCUT2D eigenvalue weighted by Crippen LogP contribution is 2.30. The molecule has 0 bridgehead atoms. The van der Waals surface area contributed by atoms with Gasteiger partial charge in [-0.25, -0.2) is 0 Å². The molecule has 2 heteroatoms. The summed E-state index contributed by atoms with van der Waals surface area (Å²) in [6, 6.07) is 0.762. The van der Waals surface area contributed by atoms with Crippen LogP contribution in [-0.2, 0) is 0 Å². The molecule has 2 aliphatic rings. The van der Waals surface area contributed by atoms with Crippen LogP contribution in [0.2, 0.25) is 0 Å². The Hall–Kier alpha value is -0.0800. The summed E-state index contributed by atoms with van der Waals surface area (Å²) in [5, 5.41) is 12.7. The van der Waals surface area contributed by atoms with Gasteiger partial charge in [-0.15, -0.1) is 0 Å². The molecule has 1 aliphatic heterocycles. The molecule has 2 N–H and O–H groups in total. The Balaban J connectivity index is 1.76. The summed E-state index contributed by atoms with van der Waals surface area (Å²) in [6.45, 7) is 1.40. The second kappa shape index (κ2) is 5.13. The molecule has 1 saturated heterocycles. The standard InChI is InChI=1S/C12H23NO/c14-9-10-6-7-12(13-8-10)11-4-2-1-3-5-11/h10-14H,1-9H2. The molecule has 2 nitrogen and oxygen atoms in total. The Morgan fingerprint density at radius 3 is 2.36 bits per heavy atom. The molecule has 14 heavy (non-hydrogen) atoms. The van der Waals surface area contributed by atoms with E-state index < -0.39 is 0 Å². The maximum Gasteiger partial charge on any atom is 0.0471 e. The summed E-state index contributed by atoms with van der Waals surface area (Å²) in [7, 11) is 0. The van der Waals surface area contributed by atoms with Crippen molar-refractivity contribution in [2.24, 2.45) is 11.8 Å². The van der Waals surface area contributed by atoms with Gasteiger partial charge in [-0.1, -0.05) is 19.3 Å². The topological polar surface area (TPSA) is 32.3 Å². The smallest absolute Gasteiger partial charge is 0.0471 e. The van der Waals surface area contributed by atoms with E-state index in [0.29, 0.717) is 12.5 Å². The van der Waals surface area contributed by atoms with Crippen molar-refractivity contribution in [2.45, 2.75) is 51.0 Å². The highest BCUT2D eigenvalue weighted by atomic mass is 16.3. The molecule has 1 heterocycles. The maximum absolute atomic E-state index is 9.05. The van der Waals surface area contributed by atoms with Crippen LogP contribution in [-0.4, -0.2) is 24.3 Å². The molecule has 2 fully saturated rings. The first-order valence-corrected chi connectivity index (χ1v) is 6.24. The fourth-order valence-corrected chi connectivity index (χ4v) is 3.03. The van der Waals surface area contributed by atoms with Gasteiger partial charge in [-0.2, -0.15) is 0 Å². The van der Waals surface area contributed by atoms with Crippen molar-refractivity contribution in [2.75, 3.05) is 13.2 Å². The average molecular weight is 197 g/mol. The molecule has 0 radical (unpaired) electrons. The lowest BCUT2D eigenvalue weighted by atomic mass is 9.79. The second-order valence-corrected chi connectivity index (χ2v) is 5.04. The van der Waals surface area contributed by atoms with Gasteiger partial charge >= 0.3 is 0 Å². The molecule has 1 saturated carbocycles. The van der Waals surface area contributed by atoms with Gasteiger partial charge in [0.25, 0.3) is 0 Å². The fraction of sp³-hybridized carbons (Fsp3) is 1.00. The predicted molar refractivity (Wildman–Crippen MR) is 58.2 cm³/mol. The maximum atomic E-state index is 9.05. The molecule has 2 rings (SSSR count). The van der Waals surface area contributed by atoms with Gasteiger partial charge in [0.05, 0.1) is 0 Å². The summed E-state index contributed by atoms with van der Waals surface area (Å²) in [6.07, 6.45) is 9.70. The number of hydrogen-bond acceptors (Lipinski definition) is 2. The largest absolute Gasteiger partial charge is 0.396 e. The third-order valence-corrected chi connectivity index (χ3v) is 4.03. The second-order valence-electron chi connectivity index (χ2n) is 5.04. The molecule has 0 aromatic rings. The lowest BCUT2D eigenvalue weighted by Crippen LogP contribution is -2.44. The van der Waals surface area contributed by atoms with Crippen molar-refractivity contribution in [3.8, 4) is 0 Å². The minimum absolute atomic E-state index is 0.365. The van der Waals surface area contributed by atoms with E-state index >= 15 is 0 Å². The third-order valence-electron chi connectivity index (χ3n) is 4.03. The number of aliphatic hydroxyl groups is 1. The molecule has 82 valence electrons. The molecule has 0 amide bonds. The van der Waals surface area contributed by atoms with E-state index in [2.05, 4.69) is 5.32 Å². The Morgan fingerprint density at radius 2 is 1.79 bits per heavy atom. The van der Waals surface area contributed by atoms with Crippen molar-refractivity contribution in [1.29, 1.82) is 0 Å². The summed E-state index contributed by atoms with van der Waals surface area (Å²) >= 11 is 0. The summed E-state index contributed by atoms with van der Waals surface area (Å²) in [5.74, 6) is 1.46. The van der Waals surface area contributed by atoms with E-state index in [1.807, 2.05) is 0 Å². The van der Waals surface area contributed by atoms with Gasteiger partial charge in [-0.3, -0.25) is 0 Å². The predicted octanol–water partition coefficient (Wildman–Crippen LogP) is 1.93. The highest BCUT2D eigenvalue weighted by molar-refractivity contribution is 4.84. The molecule has 0 aromatic heterocycles. The van der Waals surface area contributed by atoms with Gasteiger partial charge in [0, 0.05) is 19.2 Å². The van der Waals surface area contributed by atoms with Crippen molar-refractivity contribution < 1.29 is 5.11 Å². The van der Waals surface area contributed by atoms with Gasteiger partial charge in [0.15, 0.2) is 0 Å². The molecule has 0 aromatic carbocycles. The SMILES string of the molecule is OCC1CCC(C2CCCCC2)NC1. The number of piperidine rings is 1. The molecule has 2 unspecified atom stereocenters. The minimum atomic E-state index is 0.365. The van der Waals surface area contributed by atoms with Crippen molar-refractivity contribution >= 4 is 0 Å². The fourth-order valence-electron chi connectivity index (χ4n) is 3.03. The Labute approximate surface area is 87.1 Å². The number of nitrogens with one attached hydrogen (secondary N) is 1. The Kier molecular flexibility index (Phi) is 3.82. The van der Waals surface area contributed by atoms with E-state index in [0.717, 1.165) is 18.5 Å². The molecular formula is C12H23NO. The quantitative estimate of drug-likeness (QED) is 0.709. The van der Waals surface area contributed by atoms with Crippen LogP contribution in [0.25, 0.3) is 0 Å².